The summed E-state index contributed by atoms with van der Waals surface area (Å²) in [6.07, 6.45) is 13.3. The average molecular weight is 192 g/mol. The van der Waals surface area contributed by atoms with Gasteiger partial charge in [0.15, 0.2) is 0 Å². The Kier molecular flexibility index (Phi) is 3.13. The number of unbranched alkanes of at least 4 members (excludes halogenated alkanes) is 1. The highest BCUT2D eigenvalue weighted by molar-refractivity contribution is 4.93. The number of hydrogen-bond acceptors (Lipinski definition) is 1. The van der Waals surface area contributed by atoms with E-state index in [4.69, 9.17) is 6.42 Å². The average Bonchev–Trinajstić information content (AvgIpc) is 2.79. The van der Waals surface area contributed by atoms with Crippen molar-refractivity contribution in [3.63, 3.8) is 0 Å². The first-order chi connectivity index (χ1) is 6.81. The number of rotatable bonds is 4. The second kappa shape index (κ2) is 4.36. The molecule has 0 aromatic carbocycles. The van der Waals surface area contributed by atoms with E-state index in [9.17, 15) is 5.11 Å². The molecule has 4 atom stereocenters. The summed E-state index contributed by atoms with van der Waals surface area (Å²) in [6, 6.07) is 0. The van der Waals surface area contributed by atoms with E-state index in [-0.39, 0.29) is 6.10 Å². The monoisotopic (exact) mass is 192 g/mol. The van der Waals surface area contributed by atoms with Crippen LogP contribution >= 0.6 is 0 Å². The van der Waals surface area contributed by atoms with Gasteiger partial charge in [-0.25, -0.2) is 0 Å². The van der Waals surface area contributed by atoms with Crippen molar-refractivity contribution >= 4 is 0 Å². The number of aliphatic hydroxyl groups excluding tert-OH is 1. The van der Waals surface area contributed by atoms with Crippen LogP contribution in [0.5, 0.6) is 0 Å². The van der Waals surface area contributed by atoms with Crippen LogP contribution in [0.1, 0.15) is 44.9 Å². The largest absolute Gasteiger partial charge is 0.393 e. The highest BCUT2D eigenvalue weighted by Gasteiger charge is 2.42. The maximum absolute atomic E-state index is 10.0. The number of fused-ring (bicyclic) bond motifs is 2. The molecule has 2 fully saturated rings. The van der Waals surface area contributed by atoms with Crippen LogP contribution in [0.4, 0.5) is 0 Å². The van der Waals surface area contributed by atoms with Gasteiger partial charge in [-0.3, -0.25) is 0 Å². The topological polar surface area (TPSA) is 20.2 Å². The quantitative estimate of drug-likeness (QED) is 0.536. The fourth-order valence-electron chi connectivity index (χ4n) is 3.39. The second-order valence-corrected chi connectivity index (χ2v) is 5.00. The Morgan fingerprint density at radius 1 is 1.36 bits per heavy atom. The third-order valence-electron chi connectivity index (χ3n) is 4.11. The van der Waals surface area contributed by atoms with E-state index in [0.29, 0.717) is 5.92 Å². The Labute approximate surface area is 86.9 Å². The molecule has 0 radical (unpaired) electrons. The van der Waals surface area contributed by atoms with Crippen molar-refractivity contribution in [2.75, 3.05) is 0 Å². The van der Waals surface area contributed by atoms with Gasteiger partial charge < -0.3 is 5.11 Å². The molecule has 4 unspecified atom stereocenters. The SMILES string of the molecule is C#CCCCC(O)C1CC2CCC1C2. The van der Waals surface area contributed by atoms with E-state index in [2.05, 4.69) is 5.92 Å². The summed E-state index contributed by atoms with van der Waals surface area (Å²) in [4.78, 5) is 0. The van der Waals surface area contributed by atoms with Crippen molar-refractivity contribution < 1.29 is 5.11 Å². The van der Waals surface area contributed by atoms with Crippen LogP contribution < -0.4 is 0 Å². The van der Waals surface area contributed by atoms with Gasteiger partial charge in [0.1, 0.15) is 0 Å². The molecule has 1 N–H and O–H groups in total. The van der Waals surface area contributed by atoms with Crippen LogP contribution in [0.25, 0.3) is 0 Å². The fourth-order valence-corrected chi connectivity index (χ4v) is 3.39. The molecule has 0 aromatic rings. The van der Waals surface area contributed by atoms with Gasteiger partial charge in [0.2, 0.25) is 0 Å². The van der Waals surface area contributed by atoms with Gasteiger partial charge in [-0.05, 0) is 49.9 Å². The van der Waals surface area contributed by atoms with Crippen LogP contribution in [0.3, 0.4) is 0 Å². The van der Waals surface area contributed by atoms with Gasteiger partial charge in [0.25, 0.3) is 0 Å². The predicted molar refractivity (Wildman–Crippen MR) is 57.6 cm³/mol. The van der Waals surface area contributed by atoms with E-state index >= 15 is 0 Å². The summed E-state index contributed by atoms with van der Waals surface area (Å²) in [5.41, 5.74) is 0. The van der Waals surface area contributed by atoms with E-state index in [0.717, 1.165) is 31.1 Å². The first-order valence-corrected chi connectivity index (χ1v) is 5.92. The maximum atomic E-state index is 10.0. The lowest BCUT2D eigenvalue weighted by atomic mass is 9.83. The third kappa shape index (κ3) is 1.96. The molecule has 2 rings (SSSR count). The van der Waals surface area contributed by atoms with Crippen molar-refractivity contribution in [2.24, 2.45) is 17.8 Å². The predicted octanol–water partition coefficient (Wildman–Crippen LogP) is 2.59. The second-order valence-electron chi connectivity index (χ2n) is 5.00. The fraction of sp³-hybridized carbons (Fsp3) is 0.846. The summed E-state index contributed by atoms with van der Waals surface area (Å²) in [6.45, 7) is 0. The molecule has 0 saturated heterocycles. The normalized spacial score (nSPS) is 37.0. The maximum Gasteiger partial charge on any atom is 0.0571 e. The van der Waals surface area contributed by atoms with E-state index in [1.807, 2.05) is 0 Å². The molecule has 0 heterocycles. The van der Waals surface area contributed by atoms with Crippen molar-refractivity contribution in [3.8, 4) is 12.3 Å². The lowest BCUT2D eigenvalue weighted by Crippen LogP contribution is -2.25. The molecule has 2 saturated carbocycles. The zero-order chi connectivity index (χ0) is 9.97. The zero-order valence-corrected chi connectivity index (χ0v) is 8.78. The van der Waals surface area contributed by atoms with Gasteiger partial charge >= 0.3 is 0 Å². The molecule has 0 aliphatic heterocycles. The Hall–Kier alpha value is -0.480. The van der Waals surface area contributed by atoms with Gasteiger partial charge in [-0.15, -0.1) is 12.3 Å². The van der Waals surface area contributed by atoms with Crippen LogP contribution in [-0.4, -0.2) is 11.2 Å². The Bertz CT molecular complexity index is 228. The minimum Gasteiger partial charge on any atom is -0.393 e. The van der Waals surface area contributed by atoms with Crippen molar-refractivity contribution in [1.29, 1.82) is 0 Å². The molecular weight excluding hydrogens is 172 g/mol. The van der Waals surface area contributed by atoms with Gasteiger partial charge in [0, 0.05) is 6.42 Å². The minimum absolute atomic E-state index is 0.0707. The lowest BCUT2D eigenvalue weighted by Gasteiger charge is -2.26. The highest BCUT2D eigenvalue weighted by atomic mass is 16.3. The van der Waals surface area contributed by atoms with E-state index in [1.54, 1.807) is 0 Å². The molecule has 14 heavy (non-hydrogen) atoms. The highest BCUT2D eigenvalue weighted by Crippen LogP contribution is 2.50. The van der Waals surface area contributed by atoms with Crippen LogP contribution in [-0.2, 0) is 0 Å². The third-order valence-corrected chi connectivity index (χ3v) is 4.11. The van der Waals surface area contributed by atoms with Crippen LogP contribution in [0.15, 0.2) is 0 Å². The standard InChI is InChI=1S/C13H20O/c1-2-3-4-5-13(14)12-9-10-6-7-11(12)8-10/h1,10-14H,3-9H2. The number of hydrogen-bond donors (Lipinski definition) is 1. The zero-order valence-electron chi connectivity index (χ0n) is 8.78. The van der Waals surface area contributed by atoms with Crippen molar-refractivity contribution in [1.82, 2.24) is 0 Å². The molecule has 0 aromatic heterocycles. The van der Waals surface area contributed by atoms with Crippen LogP contribution in [0, 0.1) is 30.1 Å². The Morgan fingerprint density at radius 3 is 2.79 bits per heavy atom. The molecule has 2 aliphatic carbocycles. The number of aliphatic hydroxyl groups is 1. The molecular formula is C13H20O. The molecule has 1 heteroatoms. The lowest BCUT2D eigenvalue weighted by molar-refractivity contribution is 0.0662. The minimum atomic E-state index is -0.0707. The molecule has 1 nitrogen and oxygen atoms in total. The van der Waals surface area contributed by atoms with Gasteiger partial charge in [-0.2, -0.15) is 0 Å². The summed E-state index contributed by atoms with van der Waals surface area (Å²) in [7, 11) is 0. The summed E-state index contributed by atoms with van der Waals surface area (Å²) >= 11 is 0. The molecule has 2 bridgehead atoms. The van der Waals surface area contributed by atoms with Crippen molar-refractivity contribution in [2.45, 2.75) is 51.0 Å². The van der Waals surface area contributed by atoms with Crippen molar-refractivity contribution in [3.05, 3.63) is 0 Å². The van der Waals surface area contributed by atoms with Gasteiger partial charge in [0.05, 0.1) is 6.10 Å². The first kappa shape index (κ1) is 10.1. The van der Waals surface area contributed by atoms with Gasteiger partial charge in [-0.1, -0.05) is 6.42 Å². The number of terminal acetylenes is 1. The van der Waals surface area contributed by atoms with Crippen LogP contribution in [0.2, 0.25) is 0 Å². The smallest absolute Gasteiger partial charge is 0.0571 e. The Balaban J connectivity index is 1.76. The molecule has 2 aliphatic rings. The Morgan fingerprint density at radius 2 is 2.21 bits per heavy atom. The molecule has 0 amide bonds. The molecule has 78 valence electrons. The first-order valence-electron chi connectivity index (χ1n) is 5.92. The molecule has 0 spiro atoms. The summed E-state index contributed by atoms with van der Waals surface area (Å²) < 4.78 is 0. The summed E-state index contributed by atoms with van der Waals surface area (Å²) in [5.74, 6) is 5.01. The van der Waals surface area contributed by atoms with E-state index in [1.165, 1.54) is 25.7 Å². The summed E-state index contributed by atoms with van der Waals surface area (Å²) in [5, 5.41) is 10.0. The van der Waals surface area contributed by atoms with E-state index < -0.39 is 0 Å².